The molecule has 1 amide bonds. The van der Waals surface area contributed by atoms with E-state index in [4.69, 9.17) is 14.2 Å². The molecule has 168 valence electrons. The number of benzene rings is 2. The second-order valence-electron chi connectivity index (χ2n) is 8.03. The Bertz CT molecular complexity index is 836. The average molecular weight is 427 g/mol. The topological polar surface area (TPSA) is 51.2 Å². The summed E-state index contributed by atoms with van der Waals surface area (Å²) >= 11 is 0. The molecular weight excluding hydrogens is 392 g/mol. The molecule has 3 rings (SSSR count). The van der Waals surface area contributed by atoms with E-state index in [1.807, 2.05) is 47.4 Å². The number of methoxy groups -OCH3 is 2. The Hall–Kier alpha value is -2.89. The minimum Gasteiger partial charge on any atom is -0.493 e. The molecule has 0 N–H and O–H groups in total. The fraction of sp³-hybridized carbons (Fsp3) is 0.480. The van der Waals surface area contributed by atoms with Crippen molar-refractivity contribution in [2.45, 2.75) is 45.8 Å². The number of amides is 1. The molecule has 1 heterocycles. The lowest BCUT2D eigenvalue weighted by atomic mass is 10.1. The predicted octanol–water partition coefficient (Wildman–Crippen LogP) is 4.62. The van der Waals surface area contributed by atoms with Crippen LogP contribution in [0.25, 0.3) is 0 Å². The highest BCUT2D eigenvalue weighted by Crippen LogP contribution is 2.38. The lowest BCUT2D eigenvalue weighted by molar-refractivity contribution is 0.0585. The summed E-state index contributed by atoms with van der Waals surface area (Å²) in [6, 6.07) is 14.0. The molecule has 6 nitrogen and oxygen atoms in total. The molecule has 1 saturated heterocycles. The molecule has 0 unspecified atom stereocenters. The third-order valence-electron chi connectivity index (χ3n) is 5.81. The molecule has 6 heteroatoms. The van der Waals surface area contributed by atoms with Crippen LogP contribution in [0.3, 0.4) is 0 Å². The van der Waals surface area contributed by atoms with E-state index in [-0.39, 0.29) is 12.0 Å². The lowest BCUT2D eigenvalue weighted by Crippen LogP contribution is -2.41. The number of likely N-dealkylation sites (tertiary alicyclic amines) is 1. The molecule has 0 atom stereocenters. The number of carbonyl (C=O) groups is 1. The van der Waals surface area contributed by atoms with Gasteiger partial charge in [0, 0.05) is 49.8 Å². The number of anilines is 1. The van der Waals surface area contributed by atoms with E-state index in [1.54, 1.807) is 14.2 Å². The number of hydrogen-bond donors (Lipinski definition) is 0. The quantitative estimate of drug-likeness (QED) is 0.616. The van der Waals surface area contributed by atoms with Gasteiger partial charge in [0.2, 0.25) is 5.75 Å². The number of ether oxygens (including phenoxy) is 3. The van der Waals surface area contributed by atoms with E-state index in [9.17, 15) is 4.79 Å². The molecule has 0 bridgehead atoms. The molecule has 0 aliphatic carbocycles. The maximum atomic E-state index is 13.0. The summed E-state index contributed by atoms with van der Waals surface area (Å²) in [6.07, 6.45) is 1.55. The first-order valence-corrected chi connectivity index (χ1v) is 11.0. The SMILES string of the molecule is CCN(c1ccc(C(=O)N2CCC(Oc3c(OC)cccc3OC)CC2)cc1)C(C)C. The second kappa shape index (κ2) is 10.4. The Morgan fingerprint density at radius 3 is 2.10 bits per heavy atom. The zero-order valence-electron chi connectivity index (χ0n) is 19.3. The van der Waals surface area contributed by atoms with Crippen LogP contribution in [0.5, 0.6) is 17.2 Å². The van der Waals surface area contributed by atoms with Gasteiger partial charge in [-0.2, -0.15) is 0 Å². The van der Waals surface area contributed by atoms with Crippen LogP contribution in [-0.2, 0) is 0 Å². The monoisotopic (exact) mass is 426 g/mol. The van der Waals surface area contributed by atoms with Crippen LogP contribution in [0.4, 0.5) is 5.69 Å². The maximum Gasteiger partial charge on any atom is 0.253 e. The molecule has 1 fully saturated rings. The Morgan fingerprint density at radius 2 is 1.61 bits per heavy atom. The fourth-order valence-electron chi connectivity index (χ4n) is 4.10. The van der Waals surface area contributed by atoms with Crippen LogP contribution < -0.4 is 19.1 Å². The molecule has 1 aliphatic heterocycles. The van der Waals surface area contributed by atoms with Crippen LogP contribution in [0.2, 0.25) is 0 Å². The molecule has 1 aliphatic rings. The van der Waals surface area contributed by atoms with Crippen molar-refractivity contribution in [1.29, 1.82) is 0 Å². The third kappa shape index (κ3) is 5.24. The van der Waals surface area contributed by atoms with Crippen LogP contribution >= 0.6 is 0 Å². The first-order valence-electron chi connectivity index (χ1n) is 11.0. The Kier molecular flexibility index (Phi) is 7.66. The lowest BCUT2D eigenvalue weighted by Gasteiger charge is -2.33. The van der Waals surface area contributed by atoms with Crippen molar-refractivity contribution < 1.29 is 19.0 Å². The summed E-state index contributed by atoms with van der Waals surface area (Å²) < 4.78 is 17.1. The summed E-state index contributed by atoms with van der Waals surface area (Å²) in [7, 11) is 3.24. The van der Waals surface area contributed by atoms with Crippen LogP contribution in [0.1, 0.15) is 44.0 Å². The molecule has 2 aromatic carbocycles. The van der Waals surface area contributed by atoms with Gasteiger partial charge in [0.05, 0.1) is 14.2 Å². The smallest absolute Gasteiger partial charge is 0.253 e. The van der Waals surface area contributed by atoms with E-state index < -0.39 is 0 Å². The van der Waals surface area contributed by atoms with Gasteiger partial charge in [-0.25, -0.2) is 0 Å². The number of piperidine rings is 1. The minimum atomic E-state index is 0.0146. The van der Waals surface area contributed by atoms with Gasteiger partial charge < -0.3 is 24.0 Å². The van der Waals surface area contributed by atoms with Gasteiger partial charge in [-0.1, -0.05) is 6.07 Å². The van der Waals surface area contributed by atoms with Crippen molar-refractivity contribution >= 4 is 11.6 Å². The van der Waals surface area contributed by atoms with Crippen molar-refractivity contribution in [1.82, 2.24) is 4.90 Å². The van der Waals surface area contributed by atoms with Gasteiger partial charge in [-0.3, -0.25) is 4.79 Å². The van der Waals surface area contributed by atoms with Crippen LogP contribution in [0.15, 0.2) is 42.5 Å². The number of carbonyl (C=O) groups excluding carboxylic acids is 1. The van der Waals surface area contributed by atoms with Gasteiger partial charge >= 0.3 is 0 Å². The van der Waals surface area contributed by atoms with Crippen molar-refractivity contribution in [3.63, 3.8) is 0 Å². The Labute approximate surface area is 185 Å². The first kappa shape index (κ1) is 22.8. The zero-order chi connectivity index (χ0) is 22.4. The van der Waals surface area contributed by atoms with Crippen molar-refractivity contribution in [2.24, 2.45) is 0 Å². The molecule has 31 heavy (non-hydrogen) atoms. The number of para-hydroxylation sites is 1. The van der Waals surface area contributed by atoms with Crippen molar-refractivity contribution in [3.05, 3.63) is 48.0 Å². The Balaban J connectivity index is 1.60. The van der Waals surface area contributed by atoms with E-state index in [0.29, 0.717) is 36.4 Å². The van der Waals surface area contributed by atoms with Gasteiger partial charge in [-0.15, -0.1) is 0 Å². The number of hydrogen-bond acceptors (Lipinski definition) is 5. The average Bonchev–Trinajstić information content (AvgIpc) is 2.80. The van der Waals surface area contributed by atoms with Crippen LogP contribution in [-0.4, -0.2) is 56.8 Å². The Morgan fingerprint density at radius 1 is 1.03 bits per heavy atom. The normalized spacial score (nSPS) is 14.5. The fourth-order valence-corrected chi connectivity index (χ4v) is 4.10. The van der Waals surface area contributed by atoms with Crippen LogP contribution in [0, 0.1) is 0 Å². The number of rotatable bonds is 8. The molecule has 0 radical (unpaired) electrons. The van der Waals surface area contributed by atoms with Crippen molar-refractivity contribution in [2.75, 3.05) is 38.8 Å². The van der Waals surface area contributed by atoms with E-state index in [0.717, 1.165) is 30.6 Å². The highest BCUT2D eigenvalue weighted by molar-refractivity contribution is 5.94. The van der Waals surface area contributed by atoms with E-state index >= 15 is 0 Å². The van der Waals surface area contributed by atoms with Crippen molar-refractivity contribution in [3.8, 4) is 17.2 Å². The summed E-state index contributed by atoms with van der Waals surface area (Å²) in [4.78, 5) is 17.2. The van der Waals surface area contributed by atoms with Gasteiger partial charge in [0.25, 0.3) is 5.91 Å². The largest absolute Gasteiger partial charge is 0.493 e. The van der Waals surface area contributed by atoms with Gasteiger partial charge in [0.1, 0.15) is 6.10 Å². The predicted molar refractivity (Wildman–Crippen MR) is 124 cm³/mol. The molecule has 0 aromatic heterocycles. The third-order valence-corrected chi connectivity index (χ3v) is 5.81. The van der Waals surface area contributed by atoms with E-state index in [2.05, 4.69) is 25.7 Å². The highest BCUT2D eigenvalue weighted by atomic mass is 16.5. The number of nitrogens with zero attached hydrogens (tertiary/aromatic N) is 2. The van der Waals surface area contributed by atoms with Gasteiger partial charge in [0.15, 0.2) is 11.5 Å². The molecule has 0 saturated carbocycles. The summed E-state index contributed by atoms with van der Waals surface area (Å²) in [5, 5.41) is 0. The minimum absolute atomic E-state index is 0.0146. The summed E-state index contributed by atoms with van der Waals surface area (Å²) in [5.74, 6) is 2.01. The standard InChI is InChI=1S/C25H34N2O4/c1-6-27(18(2)3)20-12-10-19(11-13-20)25(28)26-16-14-21(15-17-26)31-24-22(29-4)8-7-9-23(24)30-5/h7-13,18,21H,6,14-17H2,1-5H3. The molecule has 0 spiro atoms. The van der Waals surface area contributed by atoms with E-state index in [1.165, 1.54) is 0 Å². The molecular formula is C25H34N2O4. The zero-order valence-corrected chi connectivity index (χ0v) is 19.3. The molecule has 2 aromatic rings. The first-order chi connectivity index (χ1) is 15.0. The van der Waals surface area contributed by atoms with Gasteiger partial charge in [-0.05, 0) is 57.2 Å². The highest BCUT2D eigenvalue weighted by Gasteiger charge is 2.26. The maximum absolute atomic E-state index is 13.0. The summed E-state index contributed by atoms with van der Waals surface area (Å²) in [6.45, 7) is 8.76. The second-order valence-corrected chi connectivity index (χ2v) is 8.03. The summed E-state index contributed by atoms with van der Waals surface area (Å²) in [5.41, 5.74) is 1.88.